The maximum Gasteiger partial charge on any atom is 0.179 e. The van der Waals surface area contributed by atoms with Crippen LogP contribution in [0.5, 0.6) is 0 Å². The summed E-state index contributed by atoms with van der Waals surface area (Å²) in [5.74, 6) is 0. The third-order valence-electron chi connectivity index (χ3n) is 4.54. The lowest BCUT2D eigenvalue weighted by molar-refractivity contribution is 0.372. The van der Waals surface area contributed by atoms with Crippen LogP contribution in [-0.2, 0) is 13.5 Å². The summed E-state index contributed by atoms with van der Waals surface area (Å²) in [4.78, 5) is 3.40. The minimum Gasteiger partial charge on any atom is -0.328 e. The number of rotatable bonds is 2. The molecule has 0 bridgehead atoms. The summed E-state index contributed by atoms with van der Waals surface area (Å²) in [6.07, 6.45) is 10.2. The van der Waals surface area contributed by atoms with Gasteiger partial charge in [0, 0.05) is 13.1 Å². The number of aromatic nitrogens is 4. The van der Waals surface area contributed by atoms with Crippen LogP contribution in [0.2, 0.25) is 0 Å². The standard InChI is InChI=1S/C15H24N4S/c1-3-12-13-14(18(2)17-12)19(15(20)16-13)11-9-7-5-4-6-8-10-11/h11H,3-10H2,1-2H3,(H,16,20). The molecule has 0 aliphatic heterocycles. The van der Waals surface area contributed by atoms with Gasteiger partial charge in [0.25, 0.3) is 0 Å². The normalized spacial score (nSPS) is 18.3. The summed E-state index contributed by atoms with van der Waals surface area (Å²) in [5, 5.41) is 4.63. The molecule has 1 N–H and O–H groups in total. The highest BCUT2D eigenvalue weighted by Gasteiger charge is 2.21. The van der Waals surface area contributed by atoms with Crippen molar-refractivity contribution >= 4 is 23.4 Å². The molecule has 0 saturated heterocycles. The van der Waals surface area contributed by atoms with Crippen LogP contribution < -0.4 is 0 Å². The number of nitrogens with zero attached hydrogens (tertiary/aromatic N) is 3. The maximum absolute atomic E-state index is 5.60. The highest BCUT2D eigenvalue weighted by Crippen LogP contribution is 2.30. The first-order valence-corrected chi connectivity index (χ1v) is 8.29. The molecule has 2 heterocycles. The number of H-pyrrole nitrogens is 1. The first-order chi connectivity index (χ1) is 9.72. The highest BCUT2D eigenvalue weighted by molar-refractivity contribution is 7.71. The second kappa shape index (κ2) is 5.72. The van der Waals surface area contributed by atoms with Crippen LogP contribution in [0, 0.1) is 4.77 Å². The molecule has 1 aliphatic rings. The van der Waals surface area contributed by atoms with Gasteiger partial charge in [-0.15, -0.1) is 0 Å². The molecule has 0 spiro atoms. The van der Waals surface area contributed by atoms with E-state index >= 15 is 0 Å². The van der Waals surface area contributed by atoms with E-state index in [1.807, 2.05) is 11.7 Å². The number of nitrogens with one attached hydrogen (secondary N) is 1. The molecule has 0 aromatic carbocycles. The first-order valence-electron chi connectivity index (χ1n) is 7.88. The molecule has 5 heteroatoms. The molecule has 1 saturated carbocycles. The summed E-state index contributed by atoms with van der Waals surface area (Å²) in [6.45, 7) is 2.14. The lowest BCUT2D eigenvalue weighted by Gasteiger charge is -2.21. The van der Waals surface area contributed by atoms with E-state index in [9.17, 15) is 0 Å². The molecule has 1 fully saturated rings. The van der Waals surface area contributed by atoms with Gasteiger partial charge in [0.1, 0.15) is 5.52 Å². The zero-order chi connectivity index (χ0) is 14.1. The Morgan fingerprint density at radius 1 is 1.20 bits per heavy atom. The van der Waals surface area contributed by atoms with Crippen LogP contribution in [0.15, 0.2) is 0 Å². The van der Waals surface area contributed by atoms with E-state index < -0.39 is 0 Å². The quantitative estimate of drug-likeness (QED) is 0.839. The van der Waals surface area contributed by atoms with E-state index in [1.165, 1.54) is 50.6 Å². The van der Waals surface area contributed by atoms with Gasteiger partial charge >= 0.3 is 0 Å². The fraction of sp³-hybridized carbons (Fsp3) is 0.733. The molecule has 0 radical (unpaired) electrons. The van der Waals surface area contributed by atoms with E-state index in [2.05, 4.69) is 21.6 Å². The number of fused-ring (bicyclic) bond motifs is 1. The van der Waals surface area contributed by atoms with Crippen molar-refractivity contribution in [3.05, 3.63) is 10.5 Å². The Kier molecular flexibility index (Phi) is 3.96. The predicted molar refractivity (Wildman–Crippen MR) is 84.6 cm³/mol. The zero-order valence-electron chi connectivity index (χ0n) is 12.5. The molecule has 4 nitrogen and oxygen atoms in total. The van der Waals surface area contributed by atoms with E-state index in [4.69, 9.17) is 12.2 Å². The summed E-state index contributed by atoms with van der Waals surface area (Å²) in [6, 6.07) is 0.539. The number of hydrogen-bond acceptors (Lipinski definition) is 2. The Labute approximate surface area is 125 Å². The molecule has 0 unspecified atom stereocenters. The molecule has 2 aromatic rings. The molecule has 0 atom stereocenters. The number of hydrogen-bond donors (Lipinski definition) is 1. The lowest BCUT2D eigenvalue weighted by atomic mass is 9.96. The lowest BCUT2D eigenvalue weighted by Crippen LogP contribution is -2.13. The van der Waals surface area contributed by atoms with Gasteiger partial charge in [-0.3, -0.25) is 9.25 Å². The summed E-state index contributed by atoms with van der Waals surface area (Å²) < 4.78 is 5.20. The van der Waals surface area contributed by atoms with Crippen LogP contribution in [0.4, 0.5) is 0 Å². The molecule has 20 heavy (non-hydrogen) atoms. The van der Waals surface area contributed by atoms with E-state index in [-0.39, 0.29) is 0 Å². The monoisotopic (exact) mass is 292 g/mol. The Bertz CT molecular complexity index is 641. The van der Waals surface area contributed by atoms with Gasteiger partial charge in [-0.2, -0.15) is 5.10 Å². The average molecular weight is 292 g/mol. The molecular weight excluding hydrogens is 268 g/mol. The number of aryl methyl sites for hydroxylation is 2. The van der Waals surface area contributed by atoms with Gasteiger partial charge in [0.15, 0.2) is 10.4 Å². The van der Waals surface area contributed by atoms with Crippen molar-refractivity contribution in [1.82, 2.24) is 19.3 Å². The van der Waals surface area contributed by atoms with Crippen molar-refractivity contribution in [2.45, 2.75) is 64.3 Å². The third-order valence-corrected chi connectivity index (χ3v) is 4.84. The van der Waals surface area contributed by atoms with Crippen molar-refractivity contribution in [2.24, 2.45) is 7.05 Å². The Morgan fingerprint density at radius 3 is 2.50 bits per heavy atom. The van der Waals surface area contributed by atoms with E-state index in [0.29, 0.717) is 6.04 Å². The van der Waals surface area contributed by atoms with Crippen LogP contribution >= 0.6 is 12.2 Å². The Balaban J connectivity index is 2.07. The highest BCUT2D eigenvalue weighted by atomic mass is 32.1. The van der Waals surface area contributed by atoms with Crippen LogP contribution in [-0.4, -0.2) is 19.3 Å². The second-order valence-electron chi connectivity index (χ2n) is 5.92. The summed E-state index contributed by atoms with van der Waals surface area (Å²) in [5.41, 5.74) is 3.44. The number of imidazole rings is 1. The second-order valence-corrected chi connectivity index (χ2v) is 6.31. The largest absolute Gasteiger partial charge is 0.328 e. The van der Waals surface area contributed by atoms with Crippen molar-refractivity contribution in [1.29, 1.82) is 0 Å². The van der Waals surface area contributed by atoms with Gasteiger partial charge in [-0.05, 0) is 31.5 Å². The Morgan fingerprint density at radius 2 is 1.85 bits per heavy atom. The predicted octanol–water partition coefficient (Wildman–Crippen LogP) is 4.28. The fourth-order valence-corrected chi connectivity index (χ4v) is 3.85. The SMILES string of the molecule is CCc1nn(C)c2c1[nH]c(=S)n2C1CCCCCCC1. The van der Waals surface area contributed by atoms with E-state index in [1.54, 1.807) is 0 Å². The van der Waals surface area contributed by atoms with E-state index in [0.717, 1.165) is 22.4 Å². The minimum atomic E-state index is 0.539. The summed E-state index contributed by atoms with van der Waals surface area (Å²) >= 11 is 5.60. The van der Waals surface area contributed by atoms with Crippen LogP contribution in [0.1, 0.15) is 63.6 Å². The molecule has 2 aromatic heterocycles. The fourth-order valence-electron chi connectivity index (χ4n) is 3.52. The molecule has 1 aliphatic carbocycles. The molecular formula is C15H24N4S. The smallest absolute Gasteiger partial charge is 0.179 e. The third kappa shape index (κ3) is 2.32. The average Bonchev–Trinajstić information content (AvgIpc) is 2.87. The van der Waals surface area contributed by atoms with Crippen molar-refractivity contribution in [3.8, 4) is 0 Å². The van der Waals surface area contributed by atoms with Crippen molar-refractivity contribution < 1.29 is 0 Å². The van der Waals surface area contributed by atoms with Crippen LogP contribution in [0.3, 0.4) is 0 Å². The molecule has 110 valence electrons. The van der Waals surface area contributed by atoms with Gasteiger partial charge < -0.3 is 4.98 Å². The number of aromatic amines is 1. The molecule has 0 amide bonds. The zero-order valence-corrected chi connectivity index (χ0v) is 13.3. The minimum absolute atomic E-state index is 0.539. The maximum atomic E-state index is 5.60. The van der Waals surface area contributed by atoms with Gasteiger partial charge in [0.05, 0.1) is 5.69 Å². The van der Waals surface area contributed by atoms with Crippen LogP contribution in [0.25, 0.3) is 11.2 Å². The summed E-state index contributed by atoms with van der Waals surface area (Å²) in [7, 11) is 2.03. The van der Waals surface area contributed by atoms with Gasteiger partial charge in [-0.1, -0.05) is 39.0 Å². The van der Waals surface area contributed by atoms with Crippen molar-refractivity contribution in [3.63, 3.8) is 0 Å². The topological polar surface area (TPSA) is 38.5 Å². The van der Waals surface area contributed by atoms with Gasteiger partial charge in [0.2, 0.25) is 0 Å². The Hall–Kier alpha value is -1.10. The van der Waals surface area contributed by atoms with Gasteiger partial charge in [-0.25, -0.2) is 0 Å². The van der Waals surface area contributed by atoms with Crippen molar-refractivity contribution in [2.75, 3.05) is 0 Å². The molecule has 3 rings (SSSR count). The first kappa shape index (κ1) is 13.9.